The number of nitrogens with zero attached hydrogens (tertiary/aromatic N) is 3. The van der Waals surface area contributed by atoms with Gasteiger partial charge in [-0.1, -0.05) is 19.1 Å². The molecule has 2 aromatic carbocycles. The number of nitro groups is 1. The van der Waals surface area contributed by atoms with E-state index >= 15 is 0 Å². The van der Waals surface area contributed by atoms with Crippen LogP contribution in [-0.4, -0.2) is 69.4 Å². The van der Waals surface area contributed by atoms with Crippen molar-refractivity contribution in [3.8, 4) is 5.75 Å². The monoisotopic (exact) mass is 650 g/mol. The van der Waals surface area contributed by atoms with E-state index < -0.39 is 51.7 Å². The Morgan fingerprint density at radius 2 is 1.77 bits per heavy atom. The lowest BCUT2D eigenvalue weighted by atomic mass is 9.49. The van der Waals surface area contributed by atoms with Gasteiger partial charge >= 0.3 is 17.9 Å². The van der Waals surface area contributed by atoms with E-state index in [1.165, 1.54) is 18.2 Å². The number of non-ortho nitro benzene ring substituents is 1. The molecule has 4 rings (SSSR count). The van der Waals surface area contributed by atoms with E-state index in [2.05, 4.69) is 10.3 Å². The second-order valence-electron chi connectivity index (χ2n) is 11.8. The average molecular weight is 651 g/mol. The number of carboxylic acids is 1. The van der Waals surface area contributed by atoms with Crippen LogP contribution in [0.2, 0.25) is 0 Å². The first kappa shape index (κ1) is 35.1. The van der Waals surface area contributed by atoms with Crippen LogP contribution in [0.25, 0.3) is 0 Å². The van der Waals surface area contributed by atoms with Gasteiger partial charge < -0.3 is 29.2 Å². The molecule has 0 radical (unpaired) electrons. The molecule has 2 heterocycles. The quantitative estimate of drug-likeness (QED) is 0.0981. The largest absolute Gasteiger partial charge is 0.492 e. The minimum atomic E-state index is -1.52. The van der Waals surface area contributed by atoms with Gasteiger partial charge in [-0.3, -0.25) is 19.7 Å². The number of hydrogen-bond donors (Lipinski definition) is 2. The number of imidazole rings is 1. The highest BCUT2D eigenvalue weighted by Crippen LogP contribution is 2.59. The van der Waals surface area contributed by atoms with Gasteiger partial charge in [-0.15, -0.1) is 0 Å². The highest BCUT2D eigenvalue weighted by molar-refractivity contribution is 5.89. The Hall–Kier alpha value is -4.78. The second kappa shape index (κ2) is 15.2. The minimum absolute atomic E-state index is 0.0506. The summed E-state index contributed by atoms with van der Waals surface area (Å²) >= 11 is 0. The number of carbonyl (C=O) groups is 3. The summed E-state index contributed by atoms with van der Waals surface area (Å²) in [6.07, 6.45) is 5.65. The van der Waals surface area contributed by atoms with Crippen molar-refractivity contribution in [3.63, 3.8) is 0 Å². The Labute approximate surface area is 273 Å². The highest BCUT2D eigenvalue weighted by atomic mass is 16.6. The molecule has 5 atom stereocenters. The lowest BCUT2D eigenvalue weighted by molar-refractivity contribution is -0.385. The van der Waals surface area contributed by atoms with Crippen LogP contribution >= 0.6 is 0 Å². The molecule has 0 amide bonds. The lowest BCUT2D eigenvalue weighted by Crippen LogP contribution is -2.69. The van der Waals surface area contributed by atoms with E-state index in [0.29, 0.717) is 30.0 Å². The fourth-order valence-electron chi connectivity index (χ4n) is 7.03. The van der Waals surface area contributed by atoms with Crippen LogP contribution < -0.4 is 10.1 Å². The van der Waals surface area contributed by atoms with Crippen molar-refractivity contribution in [3.05, 3.63) is 88.5 Å². The molecule has 0 aliphatic carbocycles. The zero-order valence-corrected chi connectivity index (χ0v) is 27.1. The van der Waals surface area contributed by atoms with Gasteiger partial charge in [0.1, 0.15) is 12.4 Å². The summed E-state index contributed by atoms with van der Waals surface area (Å²) < 4.78 is 18.8. The van der Waals surface area contributed by atoms with Crippen molar-refractivity contribution < 1.29 is 38.6 Å². The number of carbonyl (C=O) groups excluding carboxylic acids is 2. The third-order valence-electron chi connectivity index (χ3n) is 9.36. The standard InChI is InChI=1S/C34H42N4O9/c1-5-33(31(40)41)23(3)36-24(4)34(32(42)45-6-2,29(33)26-9-7-10-27(21-26)38(43)44)15-8-19-47-30(39)25-11-13-28(14-12-25)46-20-18-37-17-16-35-22-37/h7,9-14,16-17,21-24,29,36H,5-6,8,15,18-20H2,1-4H3,(H,40,41). The maximum absolute atomic E-state index is 14.1. The van der Waals surface area contributed by atoms with E-state index in [4.69, 9.17) is 14.2 Å². The predicted molar refractivity (Wildman–Crippen MR) is 171 cm³/mol. The van der Waals surface area contributed by atoms with E-state index in [1.807, 2.05) is 10.8 Å². The Kier molecular flexibility index (Phi) is 11.3. The zero-order valence-electron chi connectivity index (χ0n) is 27.1. The fourth-order valence-corrected chi connectivity index (χ4v) is 7.03. The number of hydrogen-bond acceptors (Lipinski definition) is 10. The van der Waals surface area contributed by atoms with E-state index in [9.17, 15) is 29.6 Å². The lowest BCUT2D eigenvalue weighted by Gasteiger charge is -2.57. The molecule has 1 aromatic heterocycles. The van der Waals surface area contributed by atoms with Crippen LogP contribution in [0, 0.1) is 20.9 Å². The van der Waals surface area contributed by atoms with Gasteiger partial charge in [-0.2, -0.15) is 0 Å². The van der Waals surface area contributed by atoms with Gasteiger partial charge in [0.05, 0.1) is 47.4 Å². The maximum Gasteiger partial charge on any atom is 0.338 e. The average Bonchev–Trinajstić information content (AvgIpc) is 3.57. The Morgan fingerprint density at radius 1 is 1.04 bits per heavy atom. The van der Waals surface area contributed by atoms with Crippen LogP contribution in [0.1, 0.15) is 68.8 Å². The van der Waals surface area contributed by atoms with Crippen molar-refractivity contribution in [1.29, 1.82) is 0 Å². The van der Waals surface area contributed by atoms with E-state index in [0.717, 1.165) is 0 Å². The van der Waals surface area contributed by atoms with Gasteiger partial charge in [0, 0.05) is 42.5 Å². The summed E-state index contributed by atoms with van der Waals surface area (Å²) in [6, 6.07) is 11.2. The molecule has 1 fully saturated rings. The summed E-state index contributed by atoms with van der Waals surface area (Å²) in [5.74, 6) is -2.71. The molecule has 252 valence electrons. The molecule has 1 saturated heterocycles. The van der Waals surface area contributed by atoms with Gasteiger partial charge in [-0.25, -0.2) is 9.78 Å². The molecule has 2 N–H and O–H groups in total. The Morgan fingerprint density at radius 3 is 2.38 bits per heavy atom. The number of benzene rings is 2. The van der Waals surface area contributed by atoms with Crippen molar-refractivity contribution in [2.75, 3.05) is 19.8 Å². The number of esters is 2. The smallest absolute Gasteiger partial charge is 0.338 e. The van der Waals surface area contributed by atoms with Crippen molar-refractivity contribution in [1.82, 2.24) is 14.9 Å². The maximum atomic E-state index is 14.1. The van der Waals surface area contributed by atoms with Crippen LogP contribution in [0.3, 0.4) is 0 Å². The molecule has 0 saturated carbocycles. The SMILES string of the molecule is CCOC(=O)C1(CCCOC(=O)c2ccc(OCCn3ccnc3)cc2)C(C)NC(C)C(CC)(C(=O)O)C1c1cccc([N+](=O)[O-])c1. The topological polar surface area (TPSA) is 172 Å². The first-order valence-corrected chi connectivity index (χ1v) is 15.8. The zero-order chi connectivity index (χ0) is 34.2. The van der Waals surface area contributed by atoms with Crippen LogP contribution in [0.15, 0.2) is 67.3 Å². The van der Waals surface area contributed by atoms with Gasteiger partial charge in [0.25, 0.3) is 5.69 Å². The number of ether oxygens (including phenoxy) is 3. The third-order valence-corrected chi connectivity index (χ3v) is 9.36. The summed E-state index contributed by atoms with van der Waals surface area (Å²) in [5, 5.41) is 25.9. The molecule has 13 heteroatoms. The normalized spacial score (nSPS) is 23.9. The van der Waals surface area contributed by atoms with Crippen LogP contribution in [0.4, 0.5) is 5.69 Å². The Balaban J connectivity index is 1.56. The summed E-state index contributed by atoms with van der Waals surface area (Å²) in [7, 11) is 0. The van der Waals surface area contributed by atoms with Crippen LogP contribution in [-0.2, 0) is 25.6 Å². The molecular weight excluding hydrogens is 608 g/mol. The number of piperidine rings is 1. The number of nitro benzene ring substituents is 1. The number of nitrogens with one attached hydrogen (secondary N) is 1. The molecule has 5 unspecified atom stereocenters. The molecule has 1 aliphatic rings. The second-order valence-corrected chi connectivity index (χ2v) is 11.8. The Bertz CT molecular complexity index is 1550. The molecule has 3 aromatic rings. The number of aromatic nitrogens is 2. The molecule has 0 bridgehead atoms. The van der Waals surface area contributed by atoms with Crippen molar-refractivity contribution in [2.24, 2.45) is 10.8 Å². The first-order chi connectivity index (χ1) is 22.5. The minimum Gasteiger partial charge on any atom is -0.492 e. The van der Waals surface area contributed by atoms with Crippen molar-refractivity contribution >= 4 is 23.6 Å². The van der Waals surface area contributed by atoms with E-state index in [-0.39, 0.29) is 38.2 Å². The summed E-state index contributed by atoms with van der Waals surface area (Å²) in [4.78, 5) is 55.4. The summed E-state index contributed by atoms with van der Waals surface area (Å²) in [5.41, 5.74) is -2.51. The first-order valence-electron chi connectivity index (χ1n) is 15.8. The van der Waals surface area contributed by atoms with Gasteiger partial charge in [-0.05, 0) is 69.9 Å². The number of carboxylic acid groups (broad SMARTS) is 1. The molecular formula is C34H42N4O9. The van der Waals surface area contributed by atoms with Gasteiger partial charge in [0.15, 0.2) is 0 Å². The predicted octanol–water partition coefficient (Wildman–Crippen LogP) is 5.00. The molecule has 47 heavy (non-hydrogen) atoms. The van der Waals surface area contributed by atoms with Crippen molar-refractivity contribution in [2.45, 2.75) is 71.5 Å². The van der Waals surface area contributed by atoms with Crippen LogP contribution in [0.5, 0.6) is 5.75 Å². The number of aliphatic carboxylic acids is 1. The number of rotatable bonds is 15. The molecule has 13 nitrogen and oxygen atoms in total. The molecule has 1 aliphatic heterocycles. The third kappa shape index (κ3) is 7.14. The van der Waals surface area contributed by atoms with E-state index in [1.54, 1.807) is 70.6 Å². The molecule has 0 spiro atoms. The van der Waals surface area contributed by atoms with Gasteiger partial charge in [0.2, 0.25) is 0 Å². The fraction of sp³-hybridized carbons (Fsp3) is 0.471. The summed E-state index contributed by atoms with van der Waals surface area (Å²) in [6.45, 7) is 7.99. The highest BCUT2D eigenvalue weighted by Gasteiger charge is 2.66.